The highest BCUT2D eigenvalue weighted by Gasteiger charge is 2.27. The Morgan fingerprint density at radius 3 is 2.79 bits per heavy atom. The molecule has 2 N–H and O–H groups in total. The smallest absolute Gasteiger partial charge is 0.0772 e. The van der Waals surface area contributed by atoms with E-state index in [2.05, 4.69) is 46.0 Å². The summed E-state index contributed by atoms with van der Waals surface area (Å²) in [6.45, 7) is 6.30. The van der Waals surface area contributed by atoms with E-state index >= 15 is 0 Å². The number of piperidine rings is 1. The van der Waals surface area contributed by atoms with Gasteiger partial charge in [-0.2, -0.15) is 0 Å². The van der Waals surface area contributed by atoms with Crippen LogP contribution in [-0.2, 0) is 4.74 Å². The molecule has 1 fully saturated rings. The molecule has 19 heavy (non-hydrogen) atoms. The van der Waals surface area contributed by atoms with Gasteiger partial charge >= 0.3 is 0 Å². The van der Waals surface area contributed by atoms with Crippen LogP contribution < -0.4 is 10.6 Å². The van der Waals surface area contributed by atoms with E-state index in [0.717, 1.165) is 23.1 Å². The van der Waals surface area contributed by atoms with E-state index in [1.54, 1.807) is 7.11 Å². The molecule has 3 atom stereocenters. The van der Waals surface area contributed by atoms with E-state index in [1.165, 1.54) is 12.1 Å². The van der Waals surface area contributed by atoms with Gasteiger partial charge in [-0.3, -0.25) is 0 Å². The average Bonchev–Trinajstić information content (AvgIpc) is 2.39. The van der Waals surface area contributed by atoms with E-state index in [0.29, 0.717) is 12.0 Å². The van der Waals surface area contributed by atoms with Gasteiger partial charge in [-0.1, -0.05) is 13.0 Å². The molecule has 1 aromatic carbocycles. The van der Waals surface area contributed by atoms with Crippen LogP contribution in [0.25, 0.3) is 0 Å². The van der Waals surface area contributed by atoms with Gasteiger partial charge in [0.25, 0.3) is 0 Å². The van der Waals surface area contributed by atoms with Crippen molar-refractivity contribution in [3.05, 3.63) is 28.2 Å². The Morgan fingerprint density at radius 1 is 1.47 bits per heavy atom. The number of halogens is 1. The van der Waals surface area contributed by atoms with Gasteiger partial charge in [-0.25, -0.2) is 0 Å². The molecular weight excluding hydrogens is 304 g/mol. The topological polar surface area (TPSA) is 38.5 Å². The molecule has 4 heteroatoms. The van der Waals surface area contributed by atoms with Crippen molar-refractivity contribution in [1.82, 2.24) is 0 Å². The van der Waals surface area contributed by atoms with E-state index in [9.17, 15) is 0 Å². The first-order valence-corrected chi connectivity index (χ1v) is 7.65. The molecule has 2 unspecified atom stereocenters. The third-order valence-electron chi connectivity index (χ3n) is 4.03. The number of hydrogen-bond acceptors (Lipinski definition) is 3. The molecule has 0 saturated carbocycles. The highest BCUT2D eigenvalue weighted by atomic mass is 79.9. The molecule has 1 aliphatic rings. The summed E-state index contributed by atoms with van der Waals surface area (Å²) in [7, 11) is 1.80. The molecule has 1 aromatic rings. The Bertz CT molecular complexity index is 436. The summed E-state index contributed by atoms with van der Waals surface area (Å²) in [6.07, 6.45) is 1.48. The fourth-order valence-electron chi connectivity index (χ4n) is 2.62. The Labute approximate surface area is 124 Å². The van der Waals surface area contributed by atoms with Crippen molar-refractivity contribution >= 4 is 21.6 Å². The predicted molar refractivity (Wildman–Crippen MR) is 83.5 cm³/mol. The summed E-state index contributed by atoms with van der Waals surface area (Å²) in [5.74, 6) is 0.628. The zero-order valence-electron chi connectivity index (χ0n) is 11.9. The molecule has 3 nitrogen and oxygen atoms in total. The van der Waals surface area contributed by atoms with Crippen LogP contribution in [0.2, 0.25) is 0 Å². The summed E-state index contributed by atoms with van der Waals surface area (Å²) in [5, 5.41) is 0. The Morgan fingerprint density at radius 2 is 2.21 bits per heavy atom. The van der Waals surface area contributed by atoms with Crippen molar-refractivity contribution in [2.45, 2.75) is 32.4 Å². The van der Waals surface area contributed by atoms with Gasteiger partial charge in [0.05, 0.1) is 11.8 Å². The molecular formula is C15H23BrN2O. The first kappa shape index (κ1) is 14.8. The third kappa shape index (κ3) is 3.30. The van der Waals surface area contributed by atoms with Crippen molar-refractivity contribution in [2.75, 3.05) is 25.1 Å². The van der Waals surface area contributed by atoms with Crippen LogP contribution >= 0.6 is 15.9 Å². The van der Waals surface area contributed by atoms with Gasteiger partial charge in [0.1, 0.15) is 0 Å². The standard InChI is InChI=1S/C15H23BrN2O/c1-10-6-7-18(9-15(10)19-3)14-5-4-12(11(2)17)8-13(14)16/h4-5,8,10-11,15H,6-7,9,17H2,1-3H3/t10?,11-,15?/m0/s1. The summed E-state index contributed by atoms with van der Waals surface area (Å²) in [6, 6.07) is 6.47. The van der Waals surface area contributed by atoms with Crippen molar-refractivity contribution in [2.24, 2.45) is 11.7 Å². The lowest BCUT2D eigenvalue weighted by Crippen LogP contribution is -2.44. The van der Waals surface area contributed by atoms with Crippen LogP contribution in [0.5, 0.6) is 0 Å². The number of nitrogens with two attached hydrogens (primary N) is 1. The minimum atomic E-state index is 0.0680. The molecule has 0 aromatic heterocycles. The van der Waals surface area contributed by atoms with Gasteiger partial charge in [-0.05, 0) is 52.9 Å². The maximum atomic E-state index is 5.92. The van der Waals surface area contributed by atoms with Crippen molar-refractivity contribution in [1.29, 1.82) is 0 Å². The minimum Gasteiger partial charge on any atom is -0.379 e. The van der Waals surface area contributed by atoms with E-state index in [4.69, 9.17) is 10.5 Å². The number of hydrogen-bond donors (Lipinski definition) is 1. The second-order valence-electron chi connectivity index (χ2n) is 5.49. The lowest BCUT2D eigenvalue weighted by atomic mass is 9.95. The SMILES string of the molecule is COC1CN(c2ccc([C@H](C)N)cc2Br)CCC1C. The van der Waals surface area contributed by atoms with Crippen LogP contribution in [0.15, 0.2) is 22.7 Å². The average molecular weight is 327 g/mol. The fourth-order valence-corrected chi connectivity index (χ4v) is 3.27. The number of methoxy groups -OCH3 is 1. The van der Waals surface area contributed by atoms with Crippen LogP contribution in [0, 0.1) is 5.92 Å². The Balaban J connectivity index is 2.18. The number of ether oxygens (including phenoxy) is 1. The molecule has 0 bridgehead atoms. The normalized spacial score (nSPS) is 25.4. The van der Waals surface area contributed by atoms with Gasteiger partial charge in [0.15, 0.2) is 0 Å². The van der Waals surface area contributed by atoms with Crippen LogP contribution in [0.3, 0.4) is 0 Å². The quantitative estimate of drug-likeness (QED) is 0.925. The van der Waals surface area contributed by atoms with E-state index < -0.39 is 0 Å². The molecule has 106 valence electrons. The predicted octanol–water partition coefficient (Wildman–Crippen LogP) is 3.33. The molecule has 0 radical (unpaired) electrons. The summed E-state index contributed by atoms with van der Waals surface area (Å²) >= 11 is 3.67. The zero-order valence-corrected chi connectivity index (χ0v) is 13.5. The second-order valence-corrected chi connectivity index (χ2v) is 6.34. The first-order valence-electron chi connectivity index (χ1n) is 6.85. The van der Waals surface area contributed by atoms with Crippen molar-refractivity contribution < 1.29 is 4.74 Å². The van der Waals surface area contributed by atoms with Crippen molar-refractivity contribution in [3.8, 4) is 0 Å². The van der Waals surface area contributed by atoms with Gasteiger partial charge in [0.2, 0.25) is 0 Å². The number of rotatable bonds is 3. The second kappa shape index (κ2) is 6.25. The third-order valence-corrected chi connectivity index (χ3v) is 4.67. The van der Waals surface area contributed by atoms with E-state index in [-0.39, 0.29) is 6.04 Å². The van der Waals surface area contributed by atoms with Crippen LogP contribution in [0.4, 0.5) is 5.69 Å². The molecule has 0 spiro atoms. The van der Waals surface area contributed by atoms with Crippen molar-refractivity contribution in [3.63, 3.8) is 0 Å². The lowest BCUT2D eigenvalue weighted by molar-refractivity contribution is 0.0498. The molecule has 1 aliphatic heterocycles. The number of anilines is 1. The molecule has 2 rings (SSSR count). The maximum absolute atomic E-state index is 5.92. The lowest BCUT2D eigenvalue weighted by Gasteiger charge is -2.38. The Hall–Kier alpha value is -0.580. The van der Waals surface area contributed by atoms with E-state index in [1.807, 2.05) is 6.92 Å². The highest BCUT2D eigenvalue weighted by molar-refractivity contribution is 9.10. The molecule has 0 aliphatic carbocycles. The molecule has 0 amide bonds. The fraction of sp³-hybridized carbons (Fsp3) is 0.600. The van der Waals surface area contributed by atoms with Gasteiger partial charge in [0, 0.05) is 30.7 Å². The number of nitrogens with zero attached hydrogens (tertiary/aromatic N) is 1. The molecule has 1 heterocycles. The molecule has 1 saturated heterocycles. The monoisotopic (exact) mass is 326 g/mol. The minimum absolute atomic E-state index is 0.0680. The Kier molecular flexibility index (Phi) is 4.87. The summed E-state index contributed by atoms with van der Waals surface area (Å²) in [4.78, 5) is 2.39. The maximum Gasteiger partial charge on any atom is 0.0772 e. The van der Waals surface area contributed by atoms with Gasteiger partial charge in [-0.15, -0.1) is 0 Å². The van der Waals surface area contributed by atoms with Gasteiger partial charge < -0.3 is 15.4 Å². The zero-order chi connectivity index (χ0) is 14.0. The first-order chi connectivity index (χ1) is 9.02. The number of benzene rings is 1. The highest BCUT2D eigenvalue weighted by Crippen LogP contribution is 2.32. The van der Waals surface area contributed by atoms with Crippen LogP contribution in [0.1, 0.15) is 31.9 Å². The largest absolute Gasteiger partial charge is 0.379 e. The van der Waals surface area contributed by atoms with Crippen LogP contribution in [-0.4, -0.2) is 26.3 Å². The summed E-state index contributed by atoms with van der Waals surface area (Å²) < 4.78 is 6.70. The summed E-state index contributed by atoms with van der Waals surface area (Å²) in [5.41, 5.74) is 8.31.